The summed E-state index contributed by atoms with van der Waals surface area (Å²) < 4.78 is 2.45. The van der Waals surface area contributed by atoms with Gasteiger partial charge in [-0.25, -0.2) is 0 Å². The second-order valence-corrected chi connectivity index (χ2v) is 7.62. The second kappa shape index (κ2) is 5.84. The SMILES string of the molecule is CC(C)(C)NCc1ccc2c(ccn2CC2CCCC2)c1. The van der Waals surface area contributed by atoms with Crippen molar-refractivity contribution in [3.63, 3.8) is 0 Å². The lowest BCUT2D eigenvalue weighted by Gasteiger charge is -2.20. The molecule has 0 saturated heterocycles. The summed E-state index contributed by atoms with van der Waals surface area (Å²) in [5.74, 6) is 0.892. The van der Waals surface area contributed by atoms with Crippen molar-refractivity contribution in [2.75, 3.05) is 0 Å². The van der Waals surface area contributed by atoms with Gasteiger partial charge in [-0.3, -0.25) is 0 Å². The molecule has 0 atom stereocenters. The van der Waals surface area contributed by atoms with Gasteiger partial charge in [0.2, 0.25) is 0 Å². The van der Waals surface area contributed by atoms with Crippen molar-refractivity contribution >= 4 is 10.9 Å². The third-order valence-electron chi connectivity index (χ3n) is 4.59. The Hall–Kier alpha value is -1.28. The van der Waals surface area contributed by atoms with Crippen molar-refractivity contribution in [2.45, 2.75) is 65.1 Å². The zero-order valence-electron chi connectivity index (χ0n) is 13.7. The first-order chi connectivity index (χ1) is 10.0. The molecule has 1 saturated carbocycles. The molecule has 114 valence electrons. The zero-order chi connectivity index (χ0) is 14.9. The quantitative estimate of drug-likeness (QED) is 0.859. The summed E-state index contributed by atoms with van der Waals surface area (Å²) in [7, 11) is 0. The first-order valence-corrected chi connectivity index (χ1v) is 8.34. The van der Waals surface area contributed by atoms with Gasteiger partial charge in [0, 0.05) is 30.3 Å². The minimum Gasteiger partial charge on any atom is -0.347 e. The molecule has 2 heteroatoms. The van der Waals surface area contributed by atoms with Crippen LogP contribution in [0.1, 0.15) is 52.0 Å². The molecule has 2 aromatic rings. The molecule has 0 amide bonds. The normalized spacial score (nSPS) is 16.9. The summed E-state index contributed by atoms with van der Waals surface area (Å²) in [5.41, 5.74) is 2.93. The Balaban J connectivity index is 1.74. The van der Waals surface area contributed by atoms with Gasteiger partial charge in [0.15, 0.2) is 0 Å². The first-order valence-electron chi connectivity index (χ1n) is 8.34. The average molecular weight is 284 g/mol. The van der Waals surface area contributed by atoms with Gasteiger partial charge in [0.05, 0.1) is 0 Å². The molecular formula is C19H28N2. The molecule has 0 radical (unpaired) electrons. The summed E-state index contributed by atoms with van der Waals surface area (Å²) in [4.78, 5) is 0. The van der Waals surface area contributed by atoms with E-state index in [1.807, 2.05) is 0 Å². The van der Waals surface area contributed by atoms with Crippen LogP contribution in [0.15, 0.2) is 30.5 Å². The third-order valence-corrected chi connectivity index (χ3v) is 4.59. The summed E-state index contributed by atoms with van der Waals surface area (Å²) in [6, 6.07) is 9.17. The fraction of sp³-hybridized carbons (Fsp3) is 0.579. The molecule has 0 bridgehead atoms. The van der Waals surface area contributed by atoms with Crippen LogP contribution in [0.4, 0.5) is 0 Å². The number of hydrogen-bond acceptors (Lipinski definition) is 1. The summed E-state index contributed by atoms with van der Waals surface area (Å²) in [6.07, 6.45) is 7.93. The molecule has 1 fully saturated rings. The number of hydrogen-bond donors (Lipinski definition) is 1. The summed E-state index contributed by atoms with van der Waals surface area (Å²) >= 11 is 0. The van der Waals surface area contributed by atoms with Crippen LogP contribution in [-0.2, 0) is 13.1 Å². The molecule has 1 aliphatic carbocycles. The Kier molecular flexibility index (Phi) is 4.08. The van der Waals surface area contributed by atoms with Gasteiger partial charge in [-0.15, -0.1) is 0 Å². The van der Waals surface area contributed by atoms with Crippen molar-refractivity contribution in [3.05, 3.63) is 36.0 Å². The maximum Gasteiger partial charge on any atom is 0.0480 e. The monoisotopic (exact) mass is 284 g/mol. The number of nitrogens with one attached hydrogen (secondary N) is 1. The van der Waals surface area contributed by atoms with Crippen LogP contribution >= 0.6 is 0 Å². The summed E-state index contributed by atoms with van der Waals surface area (Å²) in [6.45, 7) is 8.77. The van der Waals surface area contributed by atoms with Crippen LogP contribution in [0.3, 0.4) is 0 Å². The molecule has 1 aromatic heterocycles. The van der Waals surface area contributed by atoms with Gasteiger partial charge in [0.1, 0.15) is 0 Å². The van der Waals surface area contributed by atoms with Crippen LogP contribution in [0.25, 0.3) is 10.9 Å². The van der Waals surface area contributed by atoms with Crippen LogP contribution < -0.4 is 5.32 Å². The topological polar surface area (TPSA) is 17.0 Å². The fourth-order valence-electron chi connectivity index (χ4n) is 3.36. The molecule has 1 aliphatic rings. The van der Waals surface area contributed by atoms with E-state index in [-0.39, 0.29) is 5.54 Å². The molecule has 0 aliphatic heterocycles. The molecule has 1 aromatic carbocycles. The minimum atomic E-state index is 0.170. The molecule has 3 rings (SSSR count). The Labute approximate surface area is 128 Å². The van der Waals surface area contributed by atoms with Crippen molar-refractivity contribution in [1.29, 1.82) is 0 Å². The van der Waals surface area contributed by atoms with Gasteiger partial charge >= 0.3 is 0 Å². The first kappa shape index (κ1) is 14.6. The van der Waals surface area contributed by atoms with Crippen LogP contribution in [0.5, 0.6) is 0 Å². The Morgan fingerprint density at radius 3 is 2.62 bits per heavy atom. The maximum absolute atomic E-state index is 3.56. The van der Waals surface area contributed by atoms with Gasteiger partial charge in [-0.05, 0) is 68.7 Å². The Morgan fingerprint density at radius 1 is 1.14 bits per heavy atom. The molecule has 0 unspecified atom stereocenters. The number of nitrogens with zero attached hydrogens (tertiary/aromatic N) is 1. The van der Waals surface area contributed by atoms with E-state index in [2.05, 4.69) is 61.1 Å². The highest BCUT2D eigenvalue weighted by molar-refractivity contribution is 5.80. The van der Waals surface area contributed by atoms with E-state index in [0.29, 0.717) is 0 Å². The highest BCUT2D eigenvalue weighted by atomic mass is 15.0. The summed E-state index contributed by atoms with van der Waals surface area (Å²) in [5, 5.41) is 4.94. The molecule has 0 spiro atoms. The smallest absolute Gasteiger partial charge is 0.0480 e. The average Bonchev–Trinajstić information content (AvgIpc) is 3.06. The number of aromatic nitrogens is 1. The van der Waals surface area contributed by atoms with Crippen molar-refractivity contribution in [1.82, 2.24) is 9.88 Å². The molecular weight excluding hydrogens is 256 g/mol. The fourth-order valence-corrected chi connectivity index (χ4v) is 3.36. The number of fused-ring (bicyclic) bond motifs is 1. The molecule has 1 N–H and O–H groups in total. The van der Waals surface area contributed by atoms with E-state index in [0.717, 1.165) is 12.5 Å². The molecule has 2 nitrogen and oxygen atoms in total. The van der Waals surface area contributed by atoms with Crippen LogP contribution in [-0.4, -0.2) is 10.1 Å². The lowest BCUT2D eigenvalue weighted by molar-refractivity contribution is 0.424. The van der Waals surface area contributed by atoms with E-state index in [1.165, 1.54) is 48.7 Å². The van der Waals surface area contributed by atoms with E-state index in [9.17, 15) is 0 Å². The lowest BCUT2D eigenvalue weighted by Crippen LogP contribution is -2.35. The maximum atomic E-state index is 3.56. The number of benzene rings is 1. The largest absolute Gasteiger partial charge is 0.347 e. The predicted octanol–water partition coefficient (Wildman–Crippen LogP) is 4.72. The zero-order valence-corrected chi connectivity index (χ0v) is 13.7. The van der Waals surface area contributed by atoms with Gasteiger partial charge in [-0.2, -0.15) is 0 Å². The third kappa shape index (κ3) is 3.68. The van der Waals surface area contributed by atoms with E-state index in [4.69, 9.17) is 0 Å². The molecule has 21 heavy (non-hydrogen) atoms. The minimum absolute atomic E-state index is 0.170. The van der Waals surface area contributed by atoms with Gasteiger partial charge in [0.25, 0.3) is 0 Å². The van der Waals surface area contributed by atoms with Crippen molar-refractivity contribution < 1.29 is 0 Å². The van der Waals surface area contributed by atoms with E-state index >= 15 is 0 Å². The van der Waals surface area contributed by atoms with Crippen LogP contribution in [0, 0.1) is 5.92 Å². The van der Waals surface area contributed by atoms with Crippen LogP contribution in [0.2, 0.25) is 0 Å². The predicted molar refractivity (Wildman–Crippen MR) is 90.5 cm³/mol. The molecule has 1 heterocycles. The highest BCUT2D eigenvalue weighted by Gasteiger charge is 2.16. The number of rotatable bonds is 4. The van der Waals surface area contributed by atoms with Crippen molar-refractivity contribution in [3.8, 4) is 0 Å². The van der Waals surface area contributed by atoms with E-state index < -0.39 is 0 Å². The van der Waals surface area contributed by atoms with Gasteiger partial charge < -0.3 is 9.88 Å². The lowest BCUT2D eigenvalue weighted by atomic mass is 10.1. The van der Waals surface area contributed by atoms with E-state index in [1.54, 1.807) is 0 Å². The second-order valence-electron chi connectivity index (χ2n) is 7.62. The highest BCUT2D eigenvalue weighted by Crippen LogP contribution is 2.28. The standard InChI is InChI=1S/C19H28N2/c1-19(2,3)20-13-16-8-9-18-17(12-16)10-11-21(18)14-15-6-4-5-7-15/h8-12,15,20H,4-7,13-14H2,1-3H3. The van der Waals surface area contributed by atoms with Gasteiger partial charge in [-0.1, -0.05) is 18.9 Å². The Bertz CT molecular complexity index is 598. The Morgan fingerprint density at radius 2 is 1.90 bits per heavy atom. The van der Waals surface area contributed by atoms with Crippen molar-refractivity contribution in [2.24, 2.45) is 5.92 Å².